The zero-order valence-corrected chi connectivity index (χ0v) is 30.4. The minimum atomic E-state index is -0.952. The molecule has 0 saturated carbocycles. The van der Waals surface area contributed by atoms with Gasteiger partial charge in [-0.25, -0.2) is 18.4 Å². The van der Waals surface area contributed by atoms with Gasteiger partial charge in [0.2, 0.25) is 5.91 Å². The molecule has 0 bridgehead atoms. The monoisotopic (exact) mass is 701 g/mol. The first kappa shape index (κ1) is 42.3. The van der Waals surface area contributed by atoms with Crippen molar-refractivity contribution >= 4 is 17.8 Å². The average molecular weight is 702 g/mol. The molecule has 2 aromatic carbocycles. The van der Waals surface area contributed by atoms with Crippen molar-refractivity contribution in [3.63, 3.8) is 0 Å². The molecular formula is C43H53F2NO5. The van der Waals surface area contributed by atoms with E-state index in [9.17, 15) is 23.2 Å². The molecule has 51 heavy (non-hydrogen) atoms. The molecule has 274 valence electrons. The predicted molar refractivity (Wildman–Crippen MR) is 202 cm³/mol. The van der Waals surface area contributed by atoms with Crippen molar-refractivity contribution in [2.75, 3.05) is 6.61 Å². The van der Waals surface area contributed by atoms with E-state index in [1.54, 1.807) is 6.92 Å². The second-order valence-electron chi connectivity index (χ2n) is 12.2. The van der Waals surface area contributed by atoms with Gasteiger partial charge in [-0.15, -0.1) is 0 Å². The fourth-order valence-corrected chi connectivity index (χ4v) is 4.86. The summed E-state index contributed by atoms with van der Waals surface area (Å²) in [5, 5.41) is 2.77. The number of esters is 2. The Morgan fingerprint density at radius 2 is 1.31 bits per heavy atom. The number of halogens is 2. The molecule has 1 N–H and O–H groups in total. The van der Waals surface area contributed by atoms with E-state index in [0.717, 1.165) is 50.7 Å². The Bertz CT molecular complexity index is 1570. The van der Waals surface area contributed by atoms with E-state index >= 15 is 0 Å². The molecule has 0 radical (unpaired) electrons. The van der Waals surface area contributed by atoms with Gasteiger partial charge in [0, 0.05) is 18.1 Å². The van der Waals surface area contributed by atoms with Crippen molar-refractivity contribution in [1.82, 2.24) is 5.32 Å². The summed E-state index contributed by atoms with van der Waals surface area (Å²) in [4.78, 5) is 38.8. The third-order valence-corrected chi connectivity index (χ3v) is 7.39. The van der Waals surface area contributed by atoms with Crippen molar-refractivity contribution in [3.8, 4) is 16.9 Å². The van der Waals surface area contributed by atoms with Gasteiger partial charge in [-0.1, -0.05) is 99.7 Å². The Kier molecular flexibility index (Phi) is 20.9. The maximum atomic E-state index is 14.5. The minimum absolute atomic E-state index is 0.0552. The van der Waals surface area contributed by atoms with E-state index in [1.807, 2.05) is 26.0 Å². The van der Waals surface area contributed by atoms with Crippen LogP contribution < -0.4 is 10.1 Å². The van der Waals surface area contributed by atoms with E-state index in [4.69, 9.17) is 9.47 Å². The minimum Gasteiger partial charge on any atom is -0.462 e. The summed E-state index contributed by atoms with van der Waals surface area (Å²) in [6.07, 6.45) is 32.0. The quantitative estimate of drug-likeness (QED) is 0.0751. The van der Waals surface area contributed by atoms with Crippen LogP contribution in [0.1, 0.15) is 95.8 Å². The van der Waals surface area contributed by atoms with E-state index < -0.39 is 29.6 Å². The molecule has 8 heteroatoms. The van der Waals surface area contributed by atoms with E-state index in [0.29, 0.717) is 12.8 Å². The Balaban J connectivity index is 1.85. The van der Waals surface area contributed by atoms with Gasteiger partial charge in [-0.05, 0) is 94.0 Å². The molecule has 2 aromatic rings. The Hall–Kier alpha value is -4.85. The fourth-order valence-electron chi connectivity index (χ4n) is 4.86. The van der Waals surface area contributed by atoms with Crippen LogP contribution >= 0.6 is 0 Å². The van der Waals surface area contributed by atoms with E-state index in [2.05, 4.69) is 73.0 Å². The first-order chi connectivity index (χ1) is 24.7. The maximum Gasteiger partial charge on any atom is 0.341 e. The van der Waals surface area contributed by atoms with Crippen LogP contribution in [0.2, 0.25) is 0 Å². The summed E-state index contributed by atoms with van der Waals surface area (Å²) >= 11 is 0. The maximum absolute atomic E-state index is 14.5. The van der Waals surface area contributed by atoms with Crippen LogP contribution in [0.25, 0.3) is 11.1 Å². The van der Waals surface area contributed by atoms with Gasteiger partial charge < -0.3 is 14.8 Å². The van der Waals surface area contributed by atoms with Crippen LogP contribution in [0.15, 0.2) is 109 Å². The fraction of sp³-hybridized carbons (Fsp3) is 0.372. The molecular weight excluding hydrogens is 648 g/mol. The second kappa shape index (κ2) is 25.2. The molecule has 0 heterocycles. The smallest absolute Gasteiger partial charge is 0.341 e. The standard InChI is InChI=1S/C43H53F2NO5/c1-5-7-8-9-10-11-12-13-14-15-16-17-18-19-20-21-22-23-24-25-41(47)46-39(30-33(3)4)43(49)51-40-29-26-34(31-37(40)42(48)50-6-2)36-28-27-35(44)32-38(36)45/h7-8,10-11,13-14,16-17,19-20,22-23,26-29,31-33,39H,5-6,9,12,15,18,21,24-25,30H2,1-4H3,(H,46,47)/b8-7-,11-10-,14-13-,17-16-,20-19-,23-22-. The highest BCUT2D eigenvalue weighted by Gasteiger charge is 2.26. The van der Waals surface area contributed by atoms with Crippen LogP contribution in [0.5, 0.6) is 5.75 Å². The van der Waals surface area contributed by atoms with Crippen molar-refractivity contribution < 1.29 is 32.6 Å². The number of hydrogen-bond acceptors (Lipinski definition) is 5. The largest absolute Gasteiger partial charge is 0.462 e. The lowest BCUT2D eigenvalue weighted by Crippen LogP contribution is -2.43. The highest BCUT2D eigenvalue weighted by Crippen LogP contribution is 2.30. The zero-order chi connectivity index (χ0) is 37.3. The first-order valence-corrected chi connectivity index (χ1v) is 17.8. The van der Waals surface area contributed by atoms with Gasteiger partial charge in [0.1, 0.15) is 29.0 Å². The van der Waals surface area contributed by atoms with Crippen molar-refractivity contribution in [1.29, 1.82) is 0 Å². The Morgan fingerprint density at radius 3 is 1.84 bits per heavy atom. The van der Waals surface area contributed by atoms with Crippen LogP contribution in [0.3, 0.4) is 0 Å². The topological polar surface area (TPSA) is 81.7 Å². The number of carbonyl (C=O) groups excluding carboxylic acids is 3. The SMILES string of the molecule is CC/C=C\C/C=C\C/C=C\C/C=C\C/C=C\C/C=C\CCC(=O)NC(CC(C)C)C(=O)Oc1ccc(-c2ccc(F)cc2F)cc1C(=O)OCC. The molecule has 1 amide bonds. The third kappa shape index (κ3) is 17.6. The summed E-state index contributed by atoms with van der Waals surface area (Å²) in [7, 11) is 0. The van der Waals surface area contributed by atoms with Gasteiger partial charge in [-0.2, -0.15) is 0 Å². The average Bonchev–Trinajstić information content (AvgIpc) is 3.09. The zero-order valence-electron chi connectivity index (χ0n) is 30.4. The second-order valence-corrected chi connectivity index (χ2v) is 12.2. The van der Waals surface area contributed by atoms with E-state index in [1.165, 1.54) is 24.3 Å². The number of allylic oxidation sites excluding steroid dienone is 12. The summed E-state index contributed by atoms with van der Waals surface area (Å²) in [5.74, 6) is -3.39. The van der Waals surface area contributed by atoms with Crippen molar-refractivity contribution in [3.05, 3.63) is 127 Å². The summed E-state index contributed by atoms with van der Waals surface area (Å²) in [5.41, 5.74) is 0.243. The first-order valence-electron chi connectivity index (χ1n) is 17.8. The number of carbonyl (C=O) groups is 3. The lowest BCUT2D eigenvalue weighted by atomic mass is 10.0. The van der Waals surface area contributed by atoms with Gasteiger partial charge in [0.05, 0.1) is 6.61 Å². The normalized spacial score (nSPS) is 12.8. The summed E-state index contributed by atoms with van der Waals surface area (Å²) in [6, 6.07) is 6.31. The van der Waals surface area contributed by atoms with E-state index in [-0.39, 0.29) is 47.3 Å². The molecule has 1 atom stereocenters. The highest BCUT2D eigenvalue weighted by atomic mass is 19.1. The third-order valence-electron chi connectivity index (χ3n) is 7.39. The Labute approximate surface area is 302 Å². The molecule has 0 aliphatic carbocycles. The number of benzene rings is 2. The lowest BCUT2D eigenvalue weighted by molar-refractivity contribution is -0.139. The van der Waals surface area contributed by atoms with Crippen LogP contribution in [-0.4, -0.2) is 30.5 Å². The molecule has 6 nitrogen and oxygen atoms in total. The van der Waals surface area contributed by atoms with Gasteiger partial charge in [0.25, 0.3) is 0 Å². The number of hydrogen-bond donors (Lipinski definition) is 1. The number of nitrogens with one attached hydrogen (secondary N) is 1. The molecule has 1 unspecified atom stereocenters. The Morgan fingerprint density at radius 1 is 0.745 bits per heavy atom. The molecule has 0 spiro atoms. The molecule has 0 aromatic heterocycles. The van der Waals surface area contributed by atoms with Crippen molar-refractivity contribution in [2.45, 2.75) is 91.5 Å². The van der Waals surface area contributed by atoms with Crippen molar-refractivity contribution in [2.24, 2.45) is 5.92 Å². The van der Waals surface area contributed by atoms with Crippen LogP contribution in [-0.2, 0) is 14.3 Å². The lowest BCUT2D eigenvalue weighted by Gasteiger charge is -2.20. The number of rotatable bonds is 22. The summed E-state index contributed by atoms with van der Waals surface area (Å²) in [6.45, 7) is 7.65. The predicted octanol–water partition coefficient (Wildman–Crippen LogP) is 10.7. The van der Waals surface area contributed by atoms with Gasteiger partial charge in [-0.3, -0.25) is 4.79 Å². The van der Waals surface area contributed by atoms with Gasteiger partial charge in [0.15, 0.2) is 0 Å². The number of amides is 1. The molecule has 0 saturated heterocycles. The molecule has 0 aliphatic rings. The number of ether oxygens (including phenoxy) is 2. The van der Waals surface area contributed by atoms with Crippen LogP contribution in [0.4, 0.5) is 8.78 Å². The molecule has 0 aliphatic heterocycles. The van der Waals surface area contributed by atoms with Crippen LogP contribution in [0, 0.1) is 17.6 Å². The highest BCUT2D eigenvalue weighted by molar-refractivity contribution is 5.96. The summed E-state index contributed by atoms with van der Waals surface area (Å²) < 4.78 is 38.7. The van der Waals surface area contributed by atoms with Gasteiger partial charge >= 0.3 is 11.9 Å². The molecule has 0 fully saturated rings. The molecule has 2 rings (SSSR count).